The number of amidine groups is 1. The summed E-state index contributed by atoms with van der Waals surface area (Å²) in [6.45, 7) is 3.04. The van der Waals surface area contributed by atoms with Crippen molar-refractivity contribution in [1.29, 1.82) is 0 Å². The Morgan fingerprint density at radius 3 is 2.63 bits per heavy atom. The lowest BCUT2D eigenvalue weighted by atomic mass is 10.2. The number of aliphatic imine (C=N–C) groups is 1. The smallest absolute Gasteiger partial charge is 0.161 e. The number of halogens is 1. The summed E-state index contributed by atoms with van der Waals surface area (Å²) in [6.07, 6.45) is 0. The number of nitrogens with one attached hydrogen (secondary N) is 1. The second kappa shape index (κ2) is 6.39. The third-order valence-corrected chi connectivity index (χ3v) is 4.30. The summed E-state index contributed by atoms with van der Waals surface area (Å²) < 4.78 is 10.5. The molecule has 1 heterocycles. The molecule has 0 saturated heterocycles. The van der Waals surface area contributed by atoms with Crippen LogP contribution >= 0.6 is 23.4 Å². The Hall–Kier alpha value is -1.07. The summed E-state index contributed by atoms with van der Waals surface area (Å²) in [7, 11) is 3.20. The molecule has 0 amide bonds. The van der Waals surface area contributed by atoms with Crippen molar-refractivity contribution >= 4 is 34.2 Å². The van der Waals surface area contributed by atoms with Gasteiger partial charge in [0.05, 0.1) is 24.9 Å². The van der Waals surface area contributed by atoms with Gasteiger partial charge in [0.15, 0.2) is 5.17 Å². The fourth-order valence-corrected chi connectivity index (χ4v) is 2.84. The van der Waals surface area contributed by atoms with Crippen LogP contribution in [0, 0.1) is 5.92 Å². The van der Waals surface area contributed by atoms with Crippen LogP contribution in [0.25, 0.3) is 0 Å². The molecule has 0 spiro atoms. The normalized spacial score (nSPS) is 18.7. The van der Waals surface area contributed by atoms with E-state index in [9.17, 15) is 0 Å². The van der Waals surface area contributed by atoms with Crippen molar-refractivity contribution in [3.63, 3.8) is 0 Å². The first-order valence-corrected chi connectivity index (χ1v) is 7.36. The lowest BCUT2D eigenvalue weighted by molar-refractivity contribution is 0.396. The van der Waals surface area contributed by atoms with Gasteiger partial charge in [0.2, 0.25) is 0 Å². The first-order chi connectivity index (χ1) is 9.13. The Morgan fingerprint density at radius 1 is 1.32 bits per heavy atom. The molecular weight excluding hydrogens is 284 g/mol. The summed E-state index contributed by atoms with van der Waals surface area (Å²) in [5.74, 6) is 2.97. The average molecular weight is 301 g/mol. The van der Waals surface area contributed by atoms with E-state index < -0.39 is 0 Å². The van der Waals surface area contributed by atoms with Gasteiger partial charge in [-0.3, -0.25) is 4.99 Å². The highest BCUT2D eigenvalue weighted by atomic mass is 35.5. The number of hydrogen-bond acceptors (Lipinski definition) is 5. The summed E-state index contributed by atoms with van der Waals surface area (Å²) in [6, 6.07) is 3.56. The van der Waals surface area contributed by atoms with Gasteiger partial charge < -0.3 is 14.8 Å². The predicted molar refractivity (Wildman–Crippen MR) is 82.1 cm³/mol. The van der Waals surface area contributed by atoms with Crippen LogP contribution in [0.15, 0.2) is 17.1 Å². The van der Waals surface area contributed by atoms with Crippen molar-refractivity contribution in [2.24, 2.45) is 10.9 Å². The molecule has 0 aromatic heterocycles. The summed E-state index contributed by atoms with van der Waals surface area (Å²) in [4.78, 5) is 4.49. The first-order valence-electron chi connectivity index (χ1n) is 5.99. The molecule has 4 nitrogen and oxygen atoms in total. The largest absolute Gasteiger partial charge is 0.495 e. The molecule has 1 atom stereocenters. The quantitative estimate of drug-likeness (QED) is 0.927. The molecule has 1 aliphatic heterocycles. The highest BCUT2D eigenvalue weighted by molar-refractivity contribution is 8.14. The molecule has 0 radical (unpaired) electrons. The number of hydrogen-bond donors (Lipinski definition) is 1. The van der Waals surface area contributed by atoms with Crippen molar-refractivity contribution in [2.75, 3.05) is 31.8 Å². The van der Waals surface area contributed by atoms with E-state index in [1.54, 1.807) is 38.1 Å². The van der Waals surface area contributed by atoms with Crippen LogP contribution in [0.1, 0.15) is 6.92 Å². The Balaban J connectivity index is 2.22. The second-order valence-electron chi connectivity index (χ2n) is 4.37. The summed E-state index contributed by atoms with van der Waals surface area (Å²) >= 11 is 7.84. The lowest BCUT2D eigenvalue weighted by Crippen LogP contribution is -2.19. The van der Waals surface area contributed by atoms with Crippen LogP contribution in [0.2, 0.25) is 5.02 Å². The molecule has 19 heavy (non-hydrogen) atoms. The number of rotatable bonds is 3. The maximum absolute atomic E-state index is 6.13. The Morgan fingerprint density at radius 2 is 2.05 bits per heavy atom. The van der Waals surface area contributed by atoms with Gasteiger partial charge in [-0.2, -0.15) is 0 Å². The van der Waals surface area contributed by atoms with Crippen molar-refractivity contribution in [3.8, 4) is 11.5 Å². The van der Waals surface area contributed by atoms with Crippen LogP contribution in [-0.4, -0.2) is 31.7 Å². The molecule has 1 unspecified atom stereocenters. The predicted octanol–water partition coefficient (Wildman–Crippen LogP) is 3.51. The number of benzene rings is 1. The van der Waals surface area contributed by atoms with Gasteiger partial charge in [-0.25, -0.2) is 0 Å². The second-order valence-corrected chi connectivity index (χ2v) is 5.79. The number of ether oxygens (including phenoxy) is 2. The fraction of sp³-hybridized carbons (Fsp3) is 0.462. The van der Waals surface area contributed by atoms with Crippen molar-refractivity contribution in [3.05, 3.63) is 17.2 Å². The molecule has 1 aliphatic rings. The van der Waals surface area contributed by atoms with Crippen LogP contribution in [0.3, 0.4) is 0 Å². The molecule has 0 saturated carbocycles. The van der Waals surface area contributed by atoms with Gasteiger partial charge in [-0.15, -0.1) is 0 Å². The minimum atomic E-state index is 0.542. The maximum atomic E-state index is 6.13. The molecule has 104 valence electrons. The molecule has 1 aromatic carbocycles. The van der Waals surface area contributed by atoms with Crippen molar-refractivity contribution in [2.45, 2.75) is 6.92 Å². The SMILES string of the molecule is COc1cc(OC)c(NC2=NCC(C)CS2)cc1Cl. The van der Waals surface area contributed by atoms with Gasteiger partial charge in [0.1, 0.15) is 11.5 Å². The third-order valence-electron chi connectivity index (χ3n) is 2.77. The number of methoxy groups -OCH3 is 2. The van der Waals surface area contributed by atoms with Gasteiger partial charge in [-0.1, -0.05) is 30.3 Å². The van der Waals surface area contributed by atoms with Crippen LogP contribution in [-0.2, 0) is 0 Å². The van der Waals surface area contributed by atoms with E-state index in [0.29, 0.717) is 22.4 Å². The molecule has 6 heteroatoms. The Labute approximate surface area is 122 Å². The highest BCUT2D eigenvalue weighted by Gasteiger charge is 2.15. The summed E-state index contributed by atoms with van der Waals surface area (Å²) in [5, 5.41) is 4.70. The van der Waals surface area contributed by atoms with Gasteiger partial charge in [-0.05, 0) is 12.0 Å². The molecule has 2 rings (SSSR count). The van der Waals surface area contributed by atoms with E-state index in [0.717, 1.165) is 23.2 Å². The van der Waals surface area contributed by atoms with E-state index in [2.05, 4.69) is 17.2 Å². The number of anilines is 1. The number of nitrogens with zero attached hydrogens (tertiary/aromatic N) is 1. The first kappa shape index (κ1) is 14.3. The van der Waals surface area contributed by atoms with E-state index in [-0.39, 0.29) is 0 Å². The van der Waals surface area contributed by atoms with Gasteiger partial charge in [0, 0.05) is 18.4 Å². The molecule has 0 aliphatic carbocycles. The zero-order valence-corrected chi connectivity index (χ0v) is 12.8. The standard InChI is InChI=1S/C13H17ClN2O2S/c1-8-6-15-13(19-7-8)16-10-4-9(14)11(17-2)5-12(10)18-3/h4-5,8H,6-7H2,1-3H3,(H,15,16). The lowest BCUT2D eigenvalue weighted by Gasteiger charge is -2.19. The zero-order valence-electron chi connectivity index (χ0n) is 11.2. The number of thioether (sulfide) groups is 1. The molecule has 1 aromatic rings. The highest BCUT2D eigenvalue weighted by Crippen LogP contribution is 2.36. The van der Waals surface area contributed by atoms with E-state index in [1.807, 2.05) is 0 Å². The molecular formula is C13H17ClN2O2S. The van der Waals surface area contributed by atoms with E-state index >= 15 is 0 Å². The molecule has 0 fully saturated rings. The van der Waals surface area contributed by atoms with Crippen LogP contribution in [0.5, 0.6) is 11.5 Å². The minimum absolute atomic E-state index is 0.542. The summed E-state index contributed by atoms with van der Waals surface area (Å²) in [5.41, 5.74) is 0.800. The van der Waals surface area contributed by atoms with Gasteiger partial charge in [0.25, 0.3) is 0 Å². The third kappa shape index (κ3) is 3.48. The van der Waals surface area contributed by atoms with Crippen molar-refractivity contribution in [1.82, 2.24) is 0 Å². The Bertz CT molecular complexity index is 494. The average Bonchev–Trinajstić information content (AvgIpc) is 2.42. The monoisotopic (exact) mass is 300 g/mol. The topological polar surface area (TPSA) is 42.9 Å². The maximum Gasteiger partial charge on any atom is 0.161 e. The van der Waals surface area contributed by atoms with E-state index in [1.165, 1.54) is 0 Å². The van der Waals surface area contributed by atoms with Crippen LogP contribution in [0.4, 0.5) is 5.69 Å². The van der Waals surface area contributed by atoms with Gasteiger partial charge >= 0.3 is 0 Å². The van der Waals surface area contributed by atoms with Crippen LogP contribution < -0.4 is 14.8 Å². The fourth-order valence-electron chi connectivity index (χ4n) is 1.71. The molecule has 1 N–H and O–H groups in total. The van der Waals surface area contributed by atoms with E-state index in [4.69, 9.17) is 21.1 Å². The van der Waals surface area contributed by atoms with Crippen molar-refractivity contribution < 1.29 is 9.47 Å². The molecule has 0 bridgehead atoms. The zero-order chi connectivity index (χ0) is 13.8. The minimum Gasteiger partial charge on any atom is -0.495 e. The Kier molecular flexibility index (Phi) is 4.82.